The van der Waals surface area contributed by atoms with Crippen molar-refractivity contribution in [1.29, 1.82) is 0 Å². The lowest BCUT2D eigenvalue weighted by Gasteiger charge is -2.19. The van der Waals surface area contributed by atoms with Gasteiger partial charge in [-0.3, -0.25) is 0 Å². The molecule has 2 saturated carbocycles. The summed E-state index contributed by atoms with van der Waals surface area (Å²) in [7, 11) is 0. The largest absolute Gasteiger partial charge is 0.459 e. The van der Waals surface area contributed by atoms with E-state index in [0.717, 1.165) is 6.42 Å². The van der Waals surface area contributed by atoms with Gasteiger partial charge in [-0.2, -0.15) is 0 Å². The van der Waals surface area contributed by atoms with Crippen LogP contribution in [0.3, 0.4) is 0 Å². The van der Waals surface area contributed by atoms with E-state index in [0.29, 0.717) is 29.6 Å². The third-order valence-electron chi connectivity index (χ3n) is 3.64. The van der Waals surface area contributed by atoms with Crippen LogP contribution in [0.5, 0.6) is 0 Å². The molecule has 1 heterocycles. The van der Waals surface area contributed by atoms with E-state index >= 15 is 0 Å². The molecule has 2 bridgehead atoms. The highest BCUT2D eigenvalue weighted by Gasteiger charge is 2.64. The third kappa shape index (κ3) is 1.05. The van der Waals surface area contributed by atoms with Crippen molar-refractivity contribution in [2.24, 2.45) is 11.8 Å². The van der Waals surface area contributed by atoms with Crippen LogP contribution in [0.25, 0.3) is 0 Å². The second-order valence-electron chi connectivity index (χ2n) is 4.68. The number of hydrogen-bond donors (Lipinski definition) is 0. The summed E-state index contributed by atoms with van der Waals surface area (Å²) in [5.41, 5.74) is 0.487. The third-order valence-corrected chi connectivity index (χ3v) is 3.64. The zero-order valence-electron chi connectivity index (χ0n) is 8.23. The lowest BCUT2D eigenvalue weighted by atomic mass is 9.98. The molecule has 1 saturated heterocycles. The summed E-state index contributed by atoms with van der Waals surface area (Å²) in [6, 6.07) is 0. The Balaban J connectivity index is 1.65. The van der Waals surface area contributed by atoms with E-state index in [1.807, 2.05) is 0 Å². The zero-order valence-corrected chi connectivity index (χ0v) is 8.23. The minimum atomic E-state index is -0.250. The summed E-state index contributed by atoms with van der Waals surface area (Å²) in [5.74, 6) is 0.862. The zero-order chi connectivity index (χ0) is 9.87. The molecule has 3 aliphatic rings. The molecule has 1 aliphatic heterocycles. The Morgan fingerprint density at radius 2 is 2.21 bits per heavy atom. The first-order valence-electron chi connectivity index (χ1n) is 5.19. The number of ether oxygens (including phenoxy) is 2. The number of rotatable bonds is 2. The van der Waals surface area contributed by atoms with Crippen molar-refractivity contribution in [3.05, 3.63) is 12.2 Å². The molecule has 3 nitrogen and oxygen atoms in total. The van der Waals surface area contributed by atoms with Gasteiger partial charge in [-0.1, -0.05) is 6.58 Å². The topological polar surface area (TPSA) is 38.8 Å². The average Bonchev–Trinajstić information content (AvgIpc) is 2.75. The molecule has 0 radical (unpaired) electrons. The van der Waals surface area contributed by atoms with Crippen molar-refractivity contribution >= 4 is 5.97 Å². The number of hydrogen-bond acceptors (Lipinski definition) is 3. The minimum Gasteiger partial charge on any atom is -0.459 e. The van der Waals surface area contributed by atoms with Crippen LogP contribution < -0.4 is 0 Å². The van der Waals surface area contributed by atoms with Gasteiger partial charge >= 0.3 is 5.97 Å². The van der Waals surface area contributed by atoms with Crippen molar-refractivity contribution in [2.45, 2.75) is 38.1 Å². The maximum Gasteiger partial charge on any atom is 0.333 e. The predicted octanol–water partition coefficient (Wildman–Crippen LogP) is 1.28. The molecular formula is C11H14O3. The fourth-order valence-electron chi connectivity index (χ4n) is 2.92. The lowest BCUT2D eigenvalue weighted by molar-refractivity contribution is -0.146. The quantitative estimate of drug-likeness (QED) is 0.377. The fourth-order valence-corrected chi connectivity index (χ4v) is 2.92. The molecule has 0 aromatic heterocycles. The molecule has 0 spiro atoms. The summed E-state index contributed by atoms with van der Waals surface area (Å²) in [5, 5.41) is 0. The first-order chi connectivity index (χ1) is 6.66. The van der Waals surface area contributed by atoms with Gasteiger partial charge in [-0.15, -0.1) is 0 Å². The van der Waals surface area contributed by atoms with Gasteiger partial charge in [0.1, 0.15) is 6.10 Å². The summed E-state index contributed by atoms with van der Waals surface area (Å²) in [4.78, 5) is 11.3. The van der Waals surface area contributed by atoms with Crippen LogP contribution in [0.4, 0.5) is 0 Å². The van der Waals surface area contributed by atoms with Gasteiger partial charge in [-0.25, -0.2) is 4.79 Å². The van der Waals surface area contributed by atoms with E-state index in [4.69, 9.17) is 9.47 Å². The van der Waals surface area contributed by atoms with Crippen LogP contribution in [0, 0.1) is 11.8 Å². The smallest absolute Gasteiger partial charge is 0.333 e. The molecule has 76 valence electrons. The summed E-state index contributed by atoms with van der Waals surface area (Å²) < 4.78 is 10.9. The van der Waals surface area contributed by atoms with Crippen molar-refractivity contribution in [2.75, 3.05) is 0 Å². The van der Waals surface area contributed by atoms with Crippen LogP contribution in [0.2, 0.25) is 0 Å². The first kappa shape index (κ1) is 8.48. The number of esters is 1. The first-order valence-corrected chi connectivity index (χ1v) is 5.19. The molecule has 5 unspecified atom stereocenters. The van der Waals surface area contributed by atoms with Crippen molar-refractivity contribution < 1.29 is 14.3 Å². The maximum atomic E-state index is 11.3. The summed E-state index contributed by atoms with van der Waals surface area (Å²) in [6.07, 6.45) is 3.17. The number of carbonyl (C=O) groups excluding carboxylic acids is 1. The van der Waals surface area contributed by atoms with Crippen molar-refractivity contribution in [1.82, 2.24) is 0 Å². The van der Waals surface area contributed by atoms with Gasteiger partial charge in [0.25, 0.3) is 0 Å². The highest BCUT2D eigenvalue weighted by molar-refractivity contribution is 5.87. The predicted molar refractivity (Wildman–Crippen MR) is 49.6 cm³/mol. The molecule has 0 aromatic rings. The van der Waals surface area contributed by atoms with Crippen molar-refractivity contribution in [3.63, 3.8) is 0 Å². The van der Waals surface area contributed by atoms with E-state index in [2.05, 4.69) is 6.58 Å². The molecule has 0 amide bonds. The number of epoxide rings is 1. The van der Waals surface area contributed by atoms with Crippen LogP contribution in [-0.2, 0) is 14.3 Å². The Morgan fingerprint density at radius 3 is 2.79 bits per heavy atom. The molecule has 5 atom stereocenters. The van der Waals surface area contributed by atoms with Gasteiger partial charge in [0.15, 0.2) is 0 Å². The van der Waals surface area contributed by atoms with E-state index in [1.54, 1.807) is 6.92 Å². The Morgan fingerprint density at radius 1 is 1.43 bits per heavy atom. The standard InChI is InChI=1S/C11H14O3/c1-5(2)11(12)13-8-4-6-3-7(8)10-9(6)14-10/h6-10H,1,3-4H2,2H3. The molecule has 0 N–H and O–H groups in total. The monoisotopic (exact) mass is 194 g/mol. The maximum absolute atomic E-state index is 11.3. The van der Waals surface area contributed by atoms with E-state index in [-0.39, 0.29) is 12.1 Å². The number of fused-ring (bicyclic) bond motifs is 5. The Labute approximate surface area is 83.1 Å². The second-order valence-corrected chi connectivity index (χ2v) is 4.68. The van der Waals surface area contributed by atoms with Gasteiger partial charge in [0, 0.05) is 11.5 Å². The van der Waals surface area contributed by atoms with E-state index in [1.165, 1.54) is 6.42 Å². The Kier molecular flexibility index (Phi) is 1.57. The molecule has 2 aliphatic carbocycles. The lowest BCUT2D eigenvalue weighted by Crippen LogP contribution is -2.28. The highest BCUT2D eigenvalue weighted by Crippen LogP contribution is 2.57. The van der Waals surface area contributed by atoms with Gasteiger partial charge in [0.2, 0.25) is 0 Å². The summed E-state index contributed by atoms with van der Waals surface area (Å²) >= 11 is 0. The van der Waals surface area contributed by atoms with Crippen LogP contribution >= 0.6 is 0 Å². The van der Waals surface area contributed by atoms with Crippen LogP contribution in [0.1, 0.15) is 19.8 Å². The second kappa shape index (κ2) is 2.60. The van der Waals surface area contributed by atoms with E-state index < -0.39 is 0 Å². The van der Waals surface area contributed by atoms with Gasteiger partial charge in [-0.05, 0) is 25.7 Å². The molecule has 3 heteroatoms. The highest BCUT2D eigenvalue weighted by atomic mass is 16.6. The van der Waals surface area contributed by atoms with Crippen LogP contribution in [-0.4, -0.2) is 24.3 Å². The Hall–Kier alpha value is -0.830. The number of carbonyl (C=O) groups is 1. The Bertz CT molecular complexity index is 310. The van der Waals surface area contributed by atoms with E-state index in [9.17, 15) is 4.79 Å². The average molecular weight is 194 g/mol. The van der Waals surface area contributed by atoms with Gasteiger partial charge in [0.05, 0.1) is 12.2 Å². The van der Waals surface area contributed by atoms with Crippen LogP contribution in [0.15, 0.2) is 12.2 Å². The van der Waals surface area contributed by atoms with Crippen molar-refractivity contribution in [3.8, 4) is 0 Å². The molecule has 3 rings (SSSR count). The normalized spacial score (nSPS) is 47.4. The van der Waals surface area contributed by atoms with Gasteiger partial charge < -0.3 is 9.47 Å². The fraction of sp³-hybridized carbons (Fsp3) is 0.727. The molecular weight excluding hydrogens is 180 g/mol. The molecule has 3 fully saturated rings. The molecule has 0 aromatic carbocycles. The molecule has 14 heavy (non-hydrogen) atoms. The minimum absolute atomic E-state index is 0.0907. The summed E-state index contributed by atoms with van der Waals surface area (Å²) in [6.45, 7) is 5.27. The SMILES string of the molecule is C=C(C)C(=O)OC1CC2CC1C1OC21.